The van der Waals surface area contributed by atoms with Crippen LogP contribution in [0.15, 0.2) is 17.1 Å². The largest absolute Gasteiger partial charge is 0.357 e. The van der Waals surface area contributed by atoms with Gasteiger partial charge >= 0.3 is 0 Å². The summed E-state index contributed by atoms with van der Waals surface area (Å²) in [4.78, 5) is 33.9. The van der Waals surface area contributed by atoms with E-state index in [9.17, 15) is 9.59 Å². The molecule has 0 aromatic rings. The van der Waals surface area contributed by atoms with Gasteiger partial charge in [0, 0.05) is 32.7 Å². The topological polar surface area (TPSA) is 77.0 Å². The van der Waals surface area contributed by atoms with Crippen LogP contribution in [0, 0.1) is 29.6 Å². The molecule has 2 amide bonds. The molecule has 2 saturated heterocycles. The molecule has 5 atom stereocenters. The van der Waals surface area contributed by atoms with E-state index >= 15 is 0 Å². The summed E-state index contributed by atoms with van der Waals surface area (Å²) in [6.07, 6.45) is 6.44. The smallest absolute Gasteiger partial charge is 0.233 e. The maximum Gasteiger partial charge on any atom is 0.233 e. The maximum absolute atomic E-state index is 12.7. The van der Waals surface area contributed by atoms with E-state index in [2.05, 4.69) is 34.7 Å². The van der Waals surface area contributed by atoms with Crippen molar-refractivity contribution in [3.8, 4) is 0 Å². The third-order valence-corrected chi connectivity index (χ3v) is 6.53. The predicted octanol–water partition coefficient (Wildman–Crippen LogP) is 0.918. The zero-order valence-electron chi connectivity index (χ0n) is 16.8. The number of allylic oxidation sites excluding steroid dienone is 2. The number of guanidine groups is 1. The van der Waals surface area contributed by atoms with Crippen molar-refractivity contribution < 1.29 is 9.59 Å². The van der Waals surface area contributed by atoms with Gasteiger partial charge in [0.1, 0.15) is 0 Å². The molecule has 1 saturated carbocycles. The number of fused-ring (bicyclic) bond motifs is 5. The first-order valence-corrected chi connectivity index (χ1v) is 10.3. The van der Waals surface area contributed by atoms with E-state index in [1.165, 1.54) is 11.3 Å². The van der Waals surface area contributed by atoms with Crippen molar-refractivity contribution in [2.24, 2.45) is 34.6 Å². The van der Waals surface area contributed by atoms with E-state index in [0.29, 0.717) is 19.0 Å². The van der Waals surface area contributed by atoms with Crippen molar-refractivity contribution in [1.82, 2.24) is 20.4 Å². The van der Waals surface area contributed by atoms with E-state index in [0.717, 1.165) is 38.6 Å². The minimum absolute atomic E-state index is 0. The normalized spacial score (nSPS) is 34.1. The number of nitrogens with one attached hydrogen (secondary N) is 2. The zero-order chi connectivity index (χ0) is 19.0. The Balaban J connectivity index is 0.00000225. The van der Waals surface area contributed by atoms with Crippen LogP contribution in [-0.2, 0) is 9.59 Å². The lowest BCUT2D eigenvalue weighted by Gasteiger charge is -2.19. The minimum atomic E-state index is -0.103. The van der Waals surface area contributed by atoms with Crippen molar-refractivity contribution in [1.29, 1.82) is 0 Å². The van der Waals surface area contributed by atoms with Gasteiger partial charge in [-0.1, -0.05) is 12.2 Å². The molecule has 3 fully saturated rings. The molecule has 8 heteroatoms. The van der Waals surface area contributed by atoms with Gasteiger partial charge in [-0.05, 0) is 51.1 Å². The van der Waals surface area contributed by atoms with Crippen LogP contribution < -0.4 is 10.6 Å². The summed E-state index contributed by atoms with van der Waals surface area (Å²) in [7, 11) is 2.15. The highest BCUT2D eigenvalue weighted by Gasteiger charge is 2.58. The first-order chi connectivity index (χ1) is 13.1. The van der Waals surface area contributed by atoms with Crippen LogP contribution in [0.5, 0.6) is 0 Å². The lowest BCUT2D eigenvalue weighted by Crippen LogP contribution is -2.44. The number of imide groups is 1. The second kappa shape index (κ2) is 9.11. The van der Waals surface area contributed by atoms with E-state index < -0.39 is 0 Å². The molecule has 156 valence electrons. The third-order valence-electron chi connectivity index (χ3n) is 6.53. The summed E-state index contributed by atoms with van der Waals surface area (Å²) in [5.41, 5.74) is 0. The van der Waals surface area contributed by atoms with Gasteiger partial charge in [-0.3, -0.25) is 19.5 Å². The van der Waals surface area contributed by atoms with Crippen LogP contribution in [0.3, 0.4) is 0 Å². The van der Waals surface area contributed by atoms with E-state index in [1.807, 2.05) is 6.92 Å². The Morgan fingerprint density at radius 1 is 1.18 bits per heavy atom. The van der Waals surface area contributed by atoms with Gasteiger partial charge in [-0.2, -0.15) is 0 Å². The van der Waals surface area contributed by atoms with E-state index in [-0.39, 0.29) is 59.5 Å². The molecule has 7 nitrogen and oxygen atoms in total. The standard InChI is InChI=1S/C20H31N5O2.HI/c1-3-21-20(23-11-13-6-8-24(2)12-13)22-7-9-25-18(26)16-14-4-5-15(10-14)17(16)19(25)27;/h4-5,13-17H,3,6-12H2,1-2H3,(H2,21,22,23);1H. The second-order valence-electron chi connectivity index (χ2n) is 8.39. The average Bonchev–Trinajstić information content (AvgIpc) is 3.40. The molecule has 0 spiro atoms. The van der Waals surface area contributed by atoms with Crippen LogP contribution in [0.1, 0.15) is 19.8 Å². The fraction of sp³-hybridized carbons (Fsp3) is 0.750. The average molecular weight is 501 g/mol. The number of aliphatic imine (C=N–C) groups is 1. The van der Waals surface area contributed by atoms with Gasteiger partial charge in [0.2, 0.25) is 11.8 Å². The Labute approximate surface area is 184 Å². The van der Waals surface area contributed by atoms with Crippen LogP contribution in [0.4, 0.5) is 0 Å². The van der Waals surface area contributed by atoms with Crippen molar-refractivity contribution in [3.05, 3.63) is 12.2 Å². The Bertz CT molecular complexity index is 637. The van der Waals surface area contributed by atoms with Gasteiger partial charge in [-0.25, -0.2) is 0 Å². The monoisotopic (exact) mass is 501 g/mol. The first kappa shape index (κ1) is 21.5. The summed E-state index contributed by atoms with van der Waals surface area (Å²) >= 11 is 0. The quantitative estimate of drug-likeness (QED) is 0.186. The number of amides is 2. The fourth-order valence-electron chi connectivity index (χ4n) is 5.21. The number of likely N-dealkylation sites (tertiary alicyclic amines) is 2. The Hall–Kier alpha value is -1.16. The number of rotatable bonds is 6. The van der Waals surface area contributed by atoms with Crippen LogP contribution in [0.2, 0.25) is 0 Å². The first-order valence-electron chi connectivity index (χ1n) is 10.3. The molecule has 2 aliphatic carbocycles. The number of hydrogen-bond acceptors (Lipinski definition) is 4. The van der Waals surface area contributed by atoms with Gasteiger partial charge in [-0.15, -0.1) is 24.0 Å². The van der Waals surface area contributed by atoms with Gasteiger partial charge in [0.25, 0.3) is 0 Å². The molecule has 5 unspecified atom stereocenters. The molecule has 4 aliphatic rings. The summed E-state index contributed by atoms with van der Waals surface area (Å²) in [6.45, 7) is 6.83. The molecule has 0 aromatic heterocycles. The number of nitrogens with zero attached hydrogens (tertiary/aromatic N) is 3. The molecule has 2 N–H and O–H groups in total. The van der Waals surface area contributed by atoms with Gasteiger partial charge in [0.15, 0.2) is 5.96 Å². The highest BCUT2D eigenvalue weighted by Crippen LogP contribution is 2.52. The van der Waals surface area contributed by atoms with Crippen molar-refractivity contribution >= 4 is 41.8 Å². The summed E-state index contributed by atoms with van der Waals surface area (Å²) < 4.78 is 0. The second-order valence-corrected chi connectivity index (χ2v) is 8.39. The number of carbonyl (C=O) groups is 2. The molecule has 2 heterocycles. The fourth-order valence-corrected chi connectivity index (χ4v) is 5.21. The van der Waals surface area contributed by atoms with Crippen LogP contribution in [0.25, 0.3) is 0 Å². The lowest BCUT2D eigenvalue weighted by atomic mass is 9.85. The molecule has 0 aromatic carbocycles. The van der Waals surface area contributed by atoms with E-state index in [4.69, 9.17) is 4.99 Å². The van der Waals surface area contributed by atoms with Crippen LogP contribution >= 0.6 is 24.0 Å². The van der Waals surface area contributed by atoms with Crippen molar-refractivity contribution in [2.75, 3.05) is 46.3 Å². The van der Waals surface area contributed by atoms with Crippen LogP contribution in [-0.4, -0.2) is 73.9 Å². The highest BCUT2D eigenvalue weighted by atomic mass is 127. The van der Waals surface area contributed by atoms with Gasteiger partial charge in [0.05, 0.1) is 11.8 Å². The number of halogens is 1. The summed E-state index contributed by atoms with van der Waals surface area (Å²) in [6, 6.07) is 0. The molecular formula is C20H32IN5O2. The predicted molar refractivity (Wildman–Crippen MR) is 119 cm³/mol. The Morgan fingerprint density at radius 2 is 1.86 bits per heavy atom. The summed E-state index contributed by atoms with van der Waals surface area (Å²) in [5, 5.41) is 6.55. The number of carbonyl (C=O) groups excluding carboxylic acids is 2. The highest BCUT2D eigenvalue weighted by molar-refractivity contribution is 14.0. The minimum Gasteiger partial charge on any atom is -0.357 e. The van der Waals surface area contributed by atoms with Crippen molar-refractivity contribution in [2.45, 2.75) is 19.8 Å². The maximum atomic E-state index is 12.7. The molecular weight excluding hydrogens is 469 g/mol. The molecule has 0 radical (unpaired) electrons. The molecule has 28 heavy (non-hydrogen) atoms. The molecule has 4 rings (SSSR count). The third kappa shape index (κ3) is 4.08. The molecule has 2 bridgehead atoms. The molecule has 2 aliphatic heterocycles. The SMILES string of the molecule is CCNC(=NCC1CCN(C)C1)NCCN1C(=O)C2C3C=CC(C3)C2C1=O.I. The Kier molecular flexibility index (Phi) is 7.01. The van der Waals surface area contributed by atoms with Gasteiger partial charge < -0.3 is 15.5 Å². The zero-order valence-corrected chi connectivity index (χ0v) is 19.1. The summed E-state index contributed by atoms with van der Waals surface area (Å²) in [5.74, 6) is 1.78. The Morgan fingerprint density at radius 3 is 2.43 bits per heavy atom. The van der Waals surface area contributed by atoms with E-state index in [1.54, 1.807) is 0 Å². The van der Waals surface area contributed by atoms with Crippen molar-refractivity contribution in [3.63, 3.8) is 0 Å². The lowest BCUT2D eigenvalue weighted by molar-refractivity contribution is -0.140. The number of hydrogen-bond donors (Lipinski definition) is 2.